The monoisotopic (exact) mass is 377 g/mol. The van der Waals surface area contributed by atoms with Crippen molar-refractivity contribution in [2.24, 2.45) is 0 Å². The summed E-state index contributed by atoms with van der Waals surface area (Å²) in [5.41, 5.74) is 0.393. The first kappa shape index (κ1) is 16.1. The standard InChI is InChI=1S/C13H13BrClNO5/c1-20-11-7(14)4-6(15)5-8(11)16-12(17)9-2-3-10(21-9)13(18)19/h4-5,9-10H,2-3H2,1H3,(H,16,17)(H,18,19)/t9-,10+/m0/s1. The van der Waals surface area contributed by atoms with Gasteiger partial charge in [-0.25, -0.2) is 4.79 Å². The minimum Gasteiger partial charge on any atom is -0.493 e. The molecule has 1 heterocycles. The smallest absolute Gasteiger partial charge is 0.332 e. The first-order valence-corrected chi connectivity index (χ1v) is 7.31. The Morgan fingerprint density at radius 3 is 2.67 bits per heavy atom. The second-order valence-corrected chi connectivity index (χ2v) is 5.78. The predicted octanol–water partition coefficient (Wildman–Crippen LogP) is 2.68. The molecule has 8 heteroatoms. The van der Waals surface area contributed by atoms with E-state index in [-0.39, 0.29) is 0 Å². The van der Waals surface area contributed by atoms with Gasteiger partial charge in [0.2, 0.25) is 0 Å². The maximum atomic E-state index is 12.1. The number of benzene rings is 1. The van der Waals surface area contributed by atoms with Crippen molar-refractivity contribution in [3.63, 3.8) is 0 Å². The molecule has 6 nitrogen and oxygen atoms in total. The largest absolute Gasteiger partial charge is 0.493 e. The third kappa shape index (κ3) is 3.66. The molecule has 2 N–H and O–H groups in total. The van der Waals surface area contributed by atoms with Gasteiger partial charge < -0.3 is 19.9 Å². The first-order chi connectivity index (χ1) is 9.92. The third-order valence-electron chi connectivity index (χ3n) is 3.06. The van der Waals surface area contributed by atoms with Crippen molar-refractivity contribution in [3.05, 3.63) is 21.6 Å². The zero-order chi connectivity index (χ0) is 15.6. The highest BCUT2D eigenvalue weighted by Crippen LogP contribution is 2.36. The molecule has 0 saturated carbocycles. The lowest BCUT2D eigenvalue weighted by Gasteiger charge is -2.15. The number of nitrogens with one attached hydrogen (secondary N) is 1. The van der Waals surface area contributed by atoms with Crippen LogP contribution in [0, 0.1) is 0 Å². The number of amides is 1. The number of carbonyl (C=O) groups excluding carboxylic acids is 1. The number of ether oxygens (including phenoxy) is 2. The van der Waals surface area contributed by atoms with Crippen molar-refractivity contribution >= 4 is 45.1 Å². The number of carboxylic acids is 1. The molecule has 1 aromatic rings. The molecule has 1 aromatic carbocycles. The van der Waals surface area contributed by atoms with E-state index in [1.54, 1.807) is 12.1 Å². The van der Waals surface area contributed by atoms with Gasteiger partial charge in [-0.15, -0.1) is 0 Å². The highest BCUT2D eigenvalue weighted by molar-refractivity contribution is 9.10. The summed E-state index contributed by atoms with van der Waals surface area (Å²) in [5, 5.41) is 11.9. The number of rotatable bonds is 4. The summed E-state index contributed by atoms with van der Waals surface area (Å²) >= 11 is 9.23. The van der Waals surface area contributed by atoms with Gasteiger partial charge in [0, 0.05) is 5.02 Å². The van der Waals surface area contributed by atoms with Gasteiger partial charge in [0.1, 0.15) is 6.10 Å². The SMILES string of the molecule is COc1c(Br)cc(Cl)cc1NC(=O)[C@@H]1CC[C@H](C(=O)O)O1. The topological polar surface area (TPSA) is 84.9 Å². The molecular weight excluding hydrogens is 366 g/mol. The van der Waals surface area contributed by atoms with Crippen molar-refractivity contribution in [2.45, 2.75) is 25.0 Å². The molecule has 1 aliphatic heterocycles. The maximum absolute atomic E-state index is 12.1. The second-order valence-electron chi connectivity index (χ2n) is 4.49. The minimum atomic E-state index is -1.06. The second kappa shape index (κ2) is 6.64. The molecule has 2 rings (SSSR count). The molecule has 1 fully saturated rings. The lowest BCUT2D eigenvalue weighted by molar-refractivity contribution is -0.150. The Bertz CT molecular complexity index is 580. The van der Waals surface area contributed by atoms with E-state index in [0.29, 0.717) is 33.8 Å². The number of aliphatic carboxylic acids is 1. The maximum Gasteiger partial charge on any atom is 0.332 e. The van der Waals surface area contributed by atoms with Crippen LogP contribution in [0.1, 0.15) is 12.8 Å². The molecule has 1 amide bonds. The molecule has 0 aromatic heterocycles. The minimum absolute atomic E-state index is 0.309. The van der Waals surface area contributed by atoms with Crippen LogP contribution in [0.2, 0.25) is 5.02 Å². The average Bonchev–Trinajstić information content (AvgIpc) is 2.88. The molecule has 2 atom stereocenters. The van der Waals surface area contributed by atoms with Crippen LogP contribution in [0.5, 0.6) is 5.75 Å². The van der Waals surface area contributed by atoms with E-state index in [4.69, 9.17) is 26.2 Å². The van der Waals surface area contributed by atoms with Crippen LogP contribution in [-0.4, -0.2) is 36.3 Å². The Balaban J connectivity index is 2.12. The highest BCUT2D eigenvalue weighted by atomic mass is 79.9. The van der Waals surface area contributed by atoms with Crippen LogP contribution in [0.4, 0.5) is 5.69 Å². The van der Waals surface area contributed by atoms with E-state index in [9.17, 15) is 9.59 Å². The normalized spacial score (nSPS) is 21.1. The number of anilines is 1. The summed E-state index contributed by atoms with van der Waals surface area (Å²) in [4.78, 5) is 22.9. The average molecular weight is 379 g/mol. The van der Waals surface area contributed by atoms with Crippen molar-refractivity contribution in [1.82, 2.24) is 0 Å². The van der Waals surface area contributed by atoms with Gasteiger partial charge in [0.15, 0.2) is 11.9 Å². The van der Waals surface area contributed by atoms with E-state index < -0.39 is 24.1 Å². The molecule has 0 unspecified atom stereocenters. The fraction of sp³-hybridized carbons (Fsp3) is 0.385. The van der Waals surface area contributed by atoms with Crippen LogP contribution in [0.3, 0.4) is 0 Å². The van der Waals surface area contributed by atoms with Crippen LogP contribution in [0.25, 0.3) is 0 Å². The first-order valence-electron chi connectivity index (χ1n) is 6.14. The number of halogens is 2. The Hall–Kier alpha value is -1.31. The van der Waals surface area contributed by atoms with Gasteiger partial charge in [0.05, 0.1) is 17.3 Å². The van der Waals surface area contributed by atoms with Gasteiger partial charge in [0.25, 0.3) is 5.91 Å². The summed E-state index contributed by atoms with van der Waals surface area (Å²) in [7, 11) is 1.47. The Morgan fingerprint density at radius 1 is 1.43 bits per heavy atom. The van der Waals surface area contributed by atoms with Crippen molar-refractivity contribution in [1.29, 1.82) is 0 Å². The van der Waals surface area contributed by atoms with E-state index in [1.807, 2.05) is 0 Å². The lowest BCUT2D eigenvalue weighted by atomic mass is 10.2. The summed E-state index contributed by atoms with van der Waals surface area (Å²) in [5.74, 6) is -1.06. The number of hydrogen-bond donors (Lipinski definition) is 2. The van der Waals surface area contributed by atoms with Crippen molar-refractivity contribution in [2.75, 3.05) is 12.4 Å². The molecule has 1 saturated heterocycles. The van der Waals surface area contributed by atoms with E-state index in [2.05, 4.69) is 21.2 Å². The van der Waals surface area contributed by atoms with Crippen LogP contribution >= 0.6 is 27.5 Å². The van der Waals surface area contributed by atoms with Gasteiger partial charge in [-0.3, -0.25) is 4.79 Å². The molecule has 0 aliphatic carbocycles. The van der Waals surface area contributed by atoms with Crippen molar-refractivity contribution in [3.8, 4) is 5.75 Å². The van der Waals surface area contributed by atoms with Crippen LogP contribution in [-0.2, 0) is 14.3 Å². The zero-order valence-corrected chi connectivity index (χ0v) is 13.4. The molecule has 21 heavy (non-hydrogen) atoms. The van der Waals surface area contributed by atoms with E-state index in [1.165, 1.54) is 7.11 Å². The highest BCUT2D eigenvalue weighted by Gasteiger charge is 2.35. The molecule has 0 bridgehead atoms. The fourth-order valence-electron chi connectivity index (χ4n) is 2.09. The molecule has 114 valence electrons. The lowest BCUT2D eigenvalue weighted by Crippen LogP contribution is -2.30. The third-order valence-corrected chi connectivity index (χ3v) is 3.87. The summed E-state index contributed by atoms with van der Waals surface area (Å²) in [6, 6.07) is 3.19. The molecule has 0 radical (unpaired) electrons. The Morgan fingerprint density at radius 2 is 2.10 bits per heavy atom. The van der Waals surface area contributed by atoms with Crippen LogP contribution in [0.15, 0.2) is 16.6 Å². The number of methoxy groups -OCH3 is 1. The summed E-state index contributed by atoms with van der Waals surface area (Å²) in [6.45, 7) is 0. The predicted molar refractivity (Wildman–Crippen MR) is 79.9 cm³/mol. The van der Waals surface area contributed by atoms with Gasteiger partial charge in [-0.05, 0) is 40.9 Å². The number of carboxylic acid groups (broad SMARTS) is 1. The summed E-state index contributed by atoms with van der Waals surface area (Å²) < 4.78 is 11.0. The van der Waals surface area contributed by atoms with Gasteiger partial charge in [-0.2, -0.15) is 0 Å². The van der Waals surface area contributed by atoms with Crippen LogP contribution < -0.4 is 10.1 Å². The Kier molecular flexibility index (Phi) is 5.08. The molecule has 0 spiro atoms. The summed E-state index contributed by atoms with van der Waals surface area (Å²) in [6.07, 6.45) is -1.07. The van der Waals surface area contributed by atoms with E-state index >= 15 is 0 Å². The zero-order valence-electron chi connectivity index (χ0n) is 11.1. The molecular formula is C13H13BrClNO5. The van der Waals surface area contributed by atoms with Crippen molar-refractivity contribution < 1.29 is 24.2 Å². The van der Waals surface area contributed by atoms with E-state index in [0.717, 1.165) is 0 Å². The van der Waals surface area contributed by atoms with Gasteiger partial charge in [-0.1, -0.05) is 11.6 Å². The fourth-order valence-corrected chi connectivity index (χ4v) is 3.06. The Labute approximate surface area is 134 Å². The quantitative estimate of drug-likeness (QED) is 0.841. The van der Waals surface area contributed by atoms with Gasteiger partial charge >= 0.3 is 5.97 Å². The molecule has 1 aliphatic rings. The number of hydrogen-bond acceptors (Lipinski definition) is 4. The number of carbonyl (C=O) groups is 2.